The van der Waals surface area contributed by atoms with Crippen LogP contribution < -0.4 is 4.74 Å². The van der Waals surface area contributed by atoms with E-state index >= 15 is 0 Å². The van der Waals surface area contributed by atoms with Gasteiger partial charge in [0.1, 0.15) is 11.3 Å². The first-order valence-electron chi connectivity index (χ1n) is 5.41. The Morgan fingerprint density at radius 3 is 2.53 bits per heavy atom. The molecule has 0 atom stereocenters. The van der Waals surface area contributed by atoms with Gasteiger partial charge in [0.2, 0.25) is 5.78 Å². The molecule has 0 N–H and O–H groups in total. The molecule has 6 heteroatoms. The predicted octanol–water partition coefficient (Wildman–Crippen LogP) is 2.23. The van der Waals surface area contributed by atoms with Crippen molar-refractivity contribution in [2.45, 2.75) is 0 Å². The molecule has 0 radical (unpaired) electrons. The van der Waals surface area contributed by atoms with Crippen LogP contribution in [0.3, 0.4) is 0 Å². The summed E-state index contributed by atoms with van der Waals surface area (Å²) < 4.78 is 5.04. The molecule has 0 saturated heterocycles. The zero-order valence-electron chi connectivity index (χ0n) is 10.1. The Bertz CT molecular complexity index is 626. The molecule has 0 unspecified atom stereocenters. The Balaban J connectivity index is 2.61. The summed E-state index contributed by atoms with van der Waals surface area (Å²) in [5.41, 5.74) is -0.00929. The highest BCUT2D eigenvalue weighted by Crippen LogP contribution is 2.30. The second-order valence-corrected chi connectivity index (χ2v) is 3.68. The zero-order valence-corrected chi connectivity index (χ0v) is 10.1. The van der Waals surface area contributed by atoms with Crippen LogP contribution in [0.4, 0.5) is 5.69 Å². The first kappa shape index (κ1) is 12.7. The van der Waals surface area contributed by atoms with E-state index in [9.17, 15) is 14.9 Å². The fourth-order valence-corrected chi connectivity index (χ4v) is 1.72. The number of nitrogens with zero attached hydrogens (tertiary/aromatic N) is 2. The van der Waals surface area contributed by atoms with Gasteiger partial charge in [-0.25, -0.2) is 0 Å². The standard InChI is InChI=1S/C13H10N2O4/c1-19-11-4-2-3-10(15(17)18)12(11)13(16)9-5-7-14-8-6-9/h2-8H,1H3. The van der Waals surface area contributed by atoms with Crippen LogP contribution >= 0.6 is 0 Å². The highest BCUT2D eigenvalue weighted by Gasteiger charge is 2.25. The van der Waals surface area contributed by atoms with E-state index in [2.05, 4.69) is 4.98 Å². The van der Waals surface area contributed by atoms with Gasteiger partial charge in [-0.05, 0) is 18.2 Å². The molecule has 0 aliphatic carbocycles. The highest BCUT2D eigenvalue weighted by atomic mass is 16.6. The van der Waals surface area contributed by atoms with Gasteiger partial charge in [-0.15, -0.1) is 0 Å². The monoisotopic (exact) mass is 258 g/mol. The Kier molecular flexibility index (Phi) is 3.51. The molecule has 0 bridgehead atoms. The Hall–Kier alpha value is -2.76. The van der Waals surface area contributed by atoms with Crippen molar-refractivity contribution < 1.29 is 14.5 Å². The Morgan fingerprint density at radius 1 is 1.26 bits per heavy atom. The number of nitro groups is 1. The van der Waals surface area contributed by atoms with E-state index in [0.717, 1.165) is 0 Å². The minimum atomic E-state index is -0.600. The molecule has 0 aliphatic rings. The number of rotatable bonds is 4. The van der Waals surface area contributed by atoms with Crippen molar-refractivity contribution in [1.82, 2.24) is 4.98 Å². The normalized spacial score (nSPS) is 9.95. The van der Waals surface area contributed by atoms with E-state index in [1.54, 1.807) is 0 Å². The average Bonchev–Trinajstić information content (AvgIpc) is 2.46. The summed E-state index contributed by atoms with van der Waals surface area (Å²) in [6, 6.07) is 7.26. The van der Waals surface area contributed by atoms with Gasteiger partial charge in [0, 0.05) is 24.0 Å². The fourth-order valence-electron chi connectivity index (χ4n) is 1.72. The molecule has 0 fully saturated rings. The minimum Gasteiger partial charge on any atom is -0.496 e. The van der Waals surface area contributed by atoms with E-state index in [1.165, 1.54) is 49.8 Å². The number of carbonyl (C=O) groups excluding carboxylic acids is 1. The van der Waals surface area contributed by atoms with E-state index in [1.807, 2.05) is 0 Å². The van der Waals surface area contributed by atoms with E-state index in [-0.39, 0.29) is 17.0 Å². The lowest BCUT2D eigenvalue weighted by Crippen LogP contribution is -2.07. The third-order valence-corrected chi connectivity index (χ3v) is 2.59. The largest absolute Gasteiger partial charge is 0.496 e. The lowest BCUT2D eigenvalue weighted by Gasteiger charge is -2.07. The summed E-state index contributed by atoms with van der Waals surface area (Å²) in [7, 11) is 1.36. The first-order valence-corrected chi connectivity index (χ1v) is 5.41. The number of ketones is 1. The number of nitro benzene ring substituents is 1. The molecular formula is C13H10N2O4. The fraction of sp³-hybridized carbons (Fsp3) is 0.0769. The molecule has 1 aromatic carbocycles. The van der Waals surface area contributed by atoms with E-state index < -0.39 is 10.7 Å². The van der Waals surface area contributed by atoms with Crippen LogP contribution in [-0.4, -0.2) is 22.8 Å². The summed E-state index contributed by atoms with van der Waals surface area (Å²) in [4.78, 5) is 26.6. The van der Waals surface area contributed by atoms with Gasteiger partial charge in [0.25, 0.3) is 5.69 Å². The SMILES string of the molecule is COc1cccc([N+](=O)[O-])c1C(=O)c1ccncc1. The molecule has 96 valence electrons. The van der Waals surface area contributed by atoms with Crippen LogP contribution in [0.25, 0.3) is 0 Å². The van der Waals surface area contributed by atoms with Crippen molar-refractivity contribution in [3.05, 3.63) is 64.0 Å². The van der Waals surface area contributed by atoms with Crippen molar-refractivity contribution in [2.24, 2.45) is 0 Å². The van der Waals surface area contributed by atoms with Crippen LogP contribution in [-0.2, 0) is 0 Å². The van der Waals surface area contributed by atoms with Gasteiger partial charge in [-0.1, -0.05) is 6.07 Å². The maximum absolute atomic E-state index is 12.3. The number of benzene rings is 1. The highest BCUT2D eigenvalue weighted by molar-refractivity contribution is 6.13. The maximum Gasteiger partial charge on any atom is 0.284 e. The van der Waals surface area contributed by atoms with Crippen LogP contribution in [0.15, 0.2) is 42.7 Å². The van der Waals surface area contributed by atoms with Crippen molar-refractivity contribution in [3.8, 4) is 5.75 Å². The number of hydrogen-bond donors (Lipinski definition) is 0. The number of aromatic nitrogens is 1. The zero-order chi connectivity index (χ0) is 13.8. The summed E-state index contributed by atoms with van der Waals surface area (Å²) >= 11 is 0. The first-order chi connectivity index (χ1) is 9.15. The molecule has 6 nitrogen and oxygen atoms in total. The van der Waals surface area contributed by atoms with E-state index in [0.29, 0.717) is 5.56 Å². The van der Waals surface area contributed by atoms with Crippen molar-refractivity contribution in [3.63, 3.8) is 0 Å². The van der Waals surface area contributed by atoms with Gasteiger partial charge in [-0.2, -0.15) is 0 Å². The Morgan fingerprint density at radius 2 is 1.95 bits per heavy atom. The third-order valence-electron chi connectivity index (χ3n) is 2.59. The summed E-state index contributed by atoms with van der Waals surface area (Å²) in [6.45, 7) is 0. The summed E-state index contributed by atoms with van der Waals surface area (Å²) in [5.74, 6) is -0.289. The lowest BCUT2D eigenvalue weighted by atomic mass is 10.0. The second kappa shape index (κ2) is 5.26. The van der Waals surface area contributed by atoms with Crippen LogP contribution in [0.5, 0.6) is 5.75 Å². The number of methoxy groups -OCH3 is 1. The predicted molar refractivity (Wildman–Crippen MR) is 67.3 cm³/mol. The van der Waals surface area contributed by atoms with Gasteiger partial charge >= 0.3 is 0 Å². The molecular weight excluding hydrogens is 248 g/mol. The van der Waals surface area contributed by atoms with Crippen LogP contribution in [0, 0.1) is 10.1 Å². The lowest BCUT2D eigenvalue weighted by molar-refractivity contribution is -0.385. The minimum absolute atomic E-state index is 0.0544. The van der Waals surface area contributed by atoms with Crippen molar-refractivity contribution in [2.75, 3.05) is 7.11 Å². The van der Waals surface area contributed by atoms with Gasteiger partial charge < -0.3 is 4.74 Å². The third kappa shape index (κ3) is 2.42. The molecule has 0 saturated carbocycles. The van der Waals surface area contributed by atoms with Gasteiger partial charge in [-0.3, -0.25) is 19.9 Å². The van der Waals surface area contributed by atoms with Gasteiger partial charge in [0.15, 0.2) is 0 Å². The summed E-state index contributed by atoms with van der Waals surface area (Å²) in [6.07, 6.45) is 2.91. The quantitative estimate of drug-likeness (QED) is 0.477. The van der Waals surface area contributed by atoms with Crippen molar-refractivity contribution in [1.29, 1.82) is 0 Å². The van der Waals surface area contributed by atoms with Crippen LogP contribution in [0.2, 0.25) is 0 Å². The molecule has 0 aliphatic heterocycles. The molecule has 0 amide bonds. The number of pyridine rings is 1. The molecule has 19 heavy (non-hydrogen) atoms. The maximum atomic E-state index is 12.3. The van der Waals surface area contributed by atoms with E-state index in [4.69, 9.17) is 4.74 Å². The van der Waals surface area contributed by atoms with Crippen LogP contribution in [0.1, 0.15) is 15.9 Å². The molecule has 1 aromatic heterocycles. The number of hydrogen-bond acceptors (Lipinski definition) is 5. The average molecular weight is 258 g/mol. The second-order valence-electron chi connectivity index (χ2n) is 3.68. The molecule has 2 aromatic rings. The molecule has 0 spiro atoms. The van der Waals surface area contributed by atoms with Gasteiger partial charge in [0.05, 0.1) is 12.0 Å². The number of ether oxygens (including phenoxy) is 1. The molecule has 1 heterocycles. The molecule has 2 rings (SSSR count). The summed E-state index contributed by atoms with van der Waals surface area (Å²) in [5, 5.41) is 11.0. The topological polar surface area (TPSA) is 82.3 Å². The Labute approximate surface area is 108 Å². The smallest absolute Gasteiger partial charge is 0.284 e. The van der Waals surface area contributed by atoms with Crippen molar-refractivity contribution >= 4 is 11.5 Å². The number of carbonyl (C=O) groups is 1.